The van der Waals surface area contributed by atoms with Gasteiger partial charge >= 0.3 is 0 Å². The van der Waals surface area contributed by atoms with E-state index in [4.69, 9.17) is 9.26 Å². The largest absolute Gasteiger partial charge is 0.497 e. The average molecular weight is 422 g/mol. The quantitative estimate of drug-likeness (QED) is 0.597. The van der Waals surface area contributed by atoms with Gasteiger partial charge in [0.25, 0.3) is 0 Å². The fourth-order valence-corrected chi connectivity index (χ4v) is 3.63. The summed E-state index contributed by atoms with van der Waals surface area (Å²) in [6, 6.07) is 9.43. The van der Waals surface area contributed by atoms with Gasteiger partial charge in [-0.05, 0) is 38.1 Å². The zero-order valence-corrected chi connectivity index (χ0v) is 18.0. The number of hydrogen-bond donors (Lipinski definition) is 0. The molecule has 0 saturated carbocycles. The van der Waals surface area contributed by atoms with Gasteiger partial charge in [-0.25, -0.2) is 9.97 Å². The minimum Gasteiger partial charge on any atom is -0.497 e. The number of amides is 1. The van der Waals surface area contributed by atoms with Crippen LogP contribution in [0.5, 0.6) is 5.75 Å². The predicted molar refractivity (Wildman–Crippen MR) is 115 cm³/mol. The van der Waals surface area contributed by atoms with Crippen molar-refractivity contribution in [3.8, 4) is 17.1 Å². The van der Waals surface area contributed by atoms with Crippen LogP contribution >= 0.6 is 0 Å². The van der Waals surface area contributed by atoms with Crippen LogP contribution in [-0.2, 0) is 11.2 Å². The van der Waals surface area contributed by atoms with Crippen LogP contribution in [0.3, 0.4) is 0 Å². The molecule has 1 saturated heterocycles. The molecule has 4 rings (SSSR count). The van der Waals surface area contributed by atoms with Crippen molar-refractivity contribution in [1.82, 2.24) is 25.0 Å². The Kier molecular flexibility index (Phi) is 6.11. The standard InChI is InChI=1S/C22H26N6O3/c1-15-14-19(24-16(2)23-15)27-10-12-28(13-11-27)21(29)9-8-20-25-22(26-31-20)17-4-6-18(30-3)7-5-17/h4-7,14H,8-13H2,1-3H3. The lowest BCUT2D eigenvalue weighted by Gasteiger charge is -2.35. The first-order chi connectivity index (χ1) is 15.0. The van der Waals surface area contributed by atoms with Crippen molar-refractivity contribution in [1.29, 1.82) is 0 Å². The van der Waals surface area contributed by atoms with Crippen molar-refractivity contribution < 1.29 is 14.1 Å². The molecule has 9 nitrogen and oxygen atoms in total. The van der Waals surface area contributed by atoms with Crippen molar-refractivity contribution in [2.75, 3.05) is 38.2 Å². The summed E-state index contributed by atoms with van der Waals surface area (Å²) in [5.41, 5.74) is 1.79. The highest BCUT2D eigenvalue weighted by molar-refractivity contribution is 5.76. The van der Waals surface area contributed by atoms with Crippen LogP contribution in [-0.4, -0.2) is 64.2 Å². The molecule has 1 amide bonds. The molecule has 31 heavy (non-hydrogen) atoms. The fraction of sp³-hybridized carbons (Fsp3) is 0.409. The highest BCUT2D eigenvalue weighted by Gasteiger charge is 2.23. The van der Waals surface area contributed by atoms with Crippen LogP contribution in [0.4, 0.5) is 5.82 Å². The number of carbonyl (C=O) groups is 1. The second-order valence-corrected chi connectivity index (χ2v) is 7.52. The number of nitrogens with zero attached hydrogens (tertiary/aromatic N) is 6. The van der Waals surface area contributed by atoms with Gasteiger partial charge in [-0.2, -0.15) is 4.98 Å². The number of ether oxygens (including phenoxy) is 1. The van der Waals surface area contributed by atoms with Crippen LogP contribution in [0.2, 0.25) is 0 Å². The molecule has 0 unspecified atom stereocenters. The van der Waals surface area contributed by atoms with Crippen LogP contribution in [0, 0.1) is 13.8 Å². The highest BCUT2D eigenvalue weighted by Crippen LogP contribution is 2.20. The number of carbonyl (C=O) groups excluding carboxylic acids is 1. The van der Waals surface area contributed by atoms with E-state index in [1.807, 2.05) is 49.1 Å². The molecule has 1 aliphatic rings. The third-order valence-corrected chi connectivity index (χ3v) is 5.28. The number of aromatic nitrogens is 4. The van der Waals surface area contributed by atoms with Crippen LogP contribution in [0.15, 0.2) is 34.9 Å². The van der Waals surface area contributed by atoms with E-state index in [0.717, 1.165) is 41.7 Å². The minimum absolute atomic E-state index is 0.0962. The molecule has 0 spiro atoms. The first kappa shape index (κ1) is 20.8. The van der Waals surface area contributed by atoms with E-state index in [9.17, 15) is 4.79 Å². The van der Waals surface area contributed by atoms with Gasteiger partial charge < -0.3 is 19.1 Å². The Labute approximate surface area is 181 Å². The highest BCUT2D eigenvalue weighted by atomic mass is 16.5. The summed E-state index contributed by atoms with van der Waals surface area (Å²) in [7, 11) is 1.62. The molecule has 0 aliphatic carbocycles. The molecule has 1 aliphatic heterocycles. The molecular weight excluding hydrogens is 396 g/mol. The first-order valence-corrected chi connectivity index (χ1v) is 10.3. The zero-order chi connectivity index (χ0) is 21.8. The third-order valence-electron chi connectivity index (χ3n) is 5.28. The number of aryl methyl sites for hydroxylation is 3. The van der Waals surface area contributed by atoms with Crippen LogP contribution < -0.4 is 9.64 Å². The molecule has 162 valence electrons. The van der Waals surface area contributed by atoms with Crippen LogP contribution in [0.1, 0.15) is 23.8 Å². The number of rotatable bonds is 6. The van der Waals surface area contributed by atoms with Gasteiger partial charge in [-0.3, -0.25) is 4.79 Å². The Morgan fingerprint density at radius 2 is 1.81 bits per heavy atom. The third kappa shape index (κ3) is 4.99. The lowest BCUT2D eigenvalue weighted by molar-refractivity contribution is -0.131. The first-order valence-electron chi connectivity index (χ1n) is 10.3. The second kappa shape index (κ2) is 9.11. The summed E-state index contributed by atoms with van der Waals surface area (Å²) >= 11 is 0. The summed E-state index contributed by atoms with van der Waals surface area (Å²) in [6.07, 6.45) is 0.766. The topological polar surface area (TPSA) is 97.5 Å². The summed E-state index contributed by atoms with van der Waals surface area (Å²) in [6.45, 7) is 6.71. The maximum atomic E-state index is 12.6. The SMILES string of the molecule is COc1ccc(-c2noc(CCC(=O)N3CCN(c4cc(C)nc(C)n4)CC3)n2)cc1. The van der Waals surface area contributed by atoms with Crippen molar-refractivity contribution >= 4 is 11.7 Å². The molecule has 0 bridgehead atoms. The predicted octanol–water partition coefficient (Wildman–Crippen LogP) is 2.43. The molecule has 0 atom stereocenters. The molecule has 0 N–H and O–H groups in total. The van der Waals surface area contributed by atoms with Crippen molar-refractivity contribution in [2.45, 2.75) is 26.7 Å². The molecule has 9 heteroatoms. The Morgan fingerprint density at radius 1 is 1.06 bits per heavy atom. The summed E-state index contributed by atoms with van der Waals surface area (Å²) in [5.74, 6) is 3.53. The number of methoxy groups -OCH3 is 1. The lowest BCUT2D eigenvalue weighted by Crippen LogP contribution is -2.49. The fourth-order valence-electron chi connectivity index (χ4n) is 3.63. The Balaban J connectivity index is 1.28. The molecule has 1 fully saturated rings. The monoisotopic (exact) mass is 422 g/mol. The van der Waals surface area contributed by atoms with Gasteiger partial charge in [-0.15, -0.1) is 0 Å². The molecule has 2 aromatic heterocycles. The molecular formula is C22H26N6O3. The van der Waals surface area contributed by atoms with Gasteiger partial charge in [0.15, 0.2) is 0 Å². The normalized spacial score (nSPS) is 14.0. The maximum absolute atomic E-state index is 12.6. The van der Waals surface area contributed by atoms with Gasteiger partial charge in [-0.1, -0.05) is 5.16 Å². The van der Waals surface area contributed by atoms with E-state index in [2.05, 4.69) is 25.0 Å². The smallest absolute Gasteiger partial charge is 0.227 e. The van der Waals surface area contributed by atoms with Gasteiger partial charge in [0.05, 0.1) is 7.11 Å². The average Bonchev–Trinajstić information content (AvgIpc) is 3.26. The summed E-state index contributed by atoms with van der Waals surface area (Å²) in [4.78, 5) is 30.0. The van der Waals surface area contributed by atoms with Crippen molar-refractivity contribution in [2.24, 2.45) is 0 Å². The number of benzene rings is 1. The van der Waals surface area contributed by atoms with Crippen LogP contribution in [0.25, 0.3) is 11.4 Å². The van der Waals surface area contributed by atoms with Gasteiger partial charge in [0.1, 0.15) is 17.4 Å². The van der Waals surface area contributed by atoms with E-state index in [0.29, 0.717) is 37.6 Å². The molecule has 3 aromatic rings. The van der Waals surface area contributed by atoms with Crippen molar-refractivity contribution in [3.05, 3.63) is 47.7 Å². The Bertz CT molecular complexity index is 1020. The number of hydrogen-bond acceptors (Lipinski definition) is 8. The minimum atomic E-state index is 0.0962. The van der Waals surface area contributed by atoms with E-state index in [-0.39, 0.29) is 5.91 Å². The Morgan fingerprint density at radius 3 is 2.48 bits per heavy atom. The summed E-state index contributed by atoms with van der Waals surface area (Å²) < 4.78 is 10.5. The van der Waals surface area contributed by atoms with Crippen molar-refractivity contribution in [3.63, 3.8) is 0 Å². The van der Waals surface area contributed by atoms with E-state index < -0.39 is 0 Å². The second-order valence-electron chi connectivity index (χ2n) is 7.52. The molecule has 1 aromatic carbocycles. The molecule has 0 radical (unpaired) electrons. The summed E-state index contributed by atoms with van der Waals surface area (Å²) in [5, 5.41) is 4.02. The number of anilines is 1. The van der Waals surface area contributed by atoms with E-state index in [1.54, 1.807) is 7.11 Å². The maximum Gasteiger partial charge on any atom is 0.227 e. The van der Waals surface area contributed by atoms with Gasteiger partial charge in [0.2, 0.25) is 17.6 Å². The van der Waals surface area contributed by atoms with Gasteiger partial charge in [0, 0.05) is 56.3 Å². The Hall–Kier alpha value is -3.49. The lowest BCUT2D eigenvalue weighted by atomic mass is 10.2. The number of piperazine rings is 1. The van der Waals surface area contributed by atoms with E-state index >= 15 is 0 Å². The van der Waals surface area contributed by atoms with E-state index in [1.165, 1.54) is 0 Å². The zero-order valence-electron chi connectivity index (χ0n) is 18.0. The molecule has 3 heterocycles.